The summed E-state index contributed by atoms with van der Waals surface area (Å²) in [5.41, 5.74) is 0.633. The van der Waals surface area contributed by atoms with Crippen LogP contribution in [-0.2, 0) is 0 Å². The van der Waals surface area contributed by atoms with Crippen molar-refractivity contribution in [1.29, 1.82) is 0 Å². The Morgan fingerprint density at radius 2 is 2.30 bits per heavy atom. The highest BCUT2D eigenvalue weighted by Crippen LogP contribution is 2.35. The number of amides is 1. The number of thiophene rings is 1. The summed E-state index contributed by atoms with van der Waals surface area (Å²) >= 11 is 1.71. The summed E-state index contributed by atoms with van der Waals surface area (Å²) in [6, 6.07) is 7.85. The SMILES string of the molecule is O=C(c1ccnc(-n2cncn2)c1)N1CCCC1c1cccs1. The molecule has 0 aromatic carbocycles. The molecule has 1 saturated heterocycles. The minimum Gasteiger partial charge on any atom is -0.331 e. The van der Waals surface area contributed by atoms with E-state index in [0.29, 0.717) is 11.4 Å². The van der Waals surface area contributed by atoms with E-state index in [9.17, 15) is 4.79 Å². The third kappa shape index (κ3) is 2.63. The van der Waals surface area contributed by atoms with Gasteiger partial charge in [-0.05, 0) is 36.4 Å². The van der Waals surface area contributed by atoms with Crippen LogP contribution in [0.1, 0.15) is 34.1 Å². The third-order valence-electron chi connectivity index (χ3n) is 4.03. The molecule has 1 atom stereocenters. The Balaban J connectivity index is 1.63. The topological polar surface area (TPSA) is 63.9 Å². The molecule has 3 aromatic heterocycles. The van der Waals surface area contributed by atoms with Crippen molar-refractivity contribution in [3.63, 3.8) is 0 Å². The predicted molar refractivity (Wildman–Crippen MR) is 86.5 cm³/mol. The highest BCUT2D eigenvalue weighted by molar-refractivity contribution is 7.10. The number of carbonyl (C=O) groups is 1. The average Bonchev–Trinajstić information content (AvgIpc) is 3.35. The van der Waals surface area contributed by atoms with Crippen molar-refractivity contribution in [2.24, 2.45) is 0 Å². The van der Waals surface area contributed by atoms with Gasteiger partial charge in [0.1, 0.15) is 12.7 Å². The Labute approximate surface area is 137 Å². The lowest BCUT2D eigenvalue weighted by molar-refractivity contribution is 0.0737. The van der Waals surface area contributed by atoms with E-state index in [1.165, 1.54) is 11.2 Å². The molecule has 6 nitrogen and oxygen atoms in total. The van der Waals surface area contributed by atoms with E-state index in [0.717, 1.165) is 19.4 Å². The van der Waals surface area contributed by atoms with Crippen LogP contribution >= 0.6 is 11.3 Å². The number of likely N-dealkylation sites (tertiary alicyclic amines) is 1. The first-order valence-corrected chi connectivity index (χ1v) is 8.36. The van der Waals surface area contributed by atoms with E-state index in [2.05, 4.69) is 26.5 Å². The number of hydrogen-bond donors (Lipinski definition) is 0. The summed E-state index contributed by atoms with van der Waals surface area (Å²) in [5.74, 6) is 0.643. The molecule has 1 aliphatic rings. The average molecular weight is 325 g/mol. The zero-order valence-electron chi connectivity index (χ0n) is 12.4. The number of rotatable bonds is 3. The molecule has 1 aliphatic heterocycles. The Morgan fingerprint density at radius 1 is 1.35 bits per heavy atom. The smallest absolute Gasteiger partial charge is 0.254 e. The molecular formula is C16H15N5OS. The van der Waals surface area contributed by atoms with Crippen molar-refractivity contribution in [2.75, 3.05) is 6.54 Å². The van der Waals surface area contributed by atoms with Gasteiger partial charge in [0.2, 0.25) is 0 Å². The molecule has 4 rings (SSSR count). The van der Waals surface area contributed by atoms with E-state index in [4.69, 9.17) is 0 Å². The van der Waals surface area contributed by atoms with E-state index in [1.807, 2.05) is 11.0 Å². The number of pyridine rings is 1. The molecule has 0 spiro atoms. The van der Waals surface area contributed by atoms with Gasteiger partial charge in [0.25, 0.3) is 5.91 Å². The molecule has 0 N–H and O–H groups in total. The van der Waals surface area contributed by atoms with Crippen LogP contribution in [0.2, 0.25) is 0 Å². The van der Waals surface area contributed by atoms with Gasteiger partial charge in [-0.25, -0.2) is 14.6 Å². The maximum absolute atomic E-state index is 12.9. The summed E-state index contributed by atoms with van der Waals surface area (Å²) in [4.78, 5) is 24.3. The summed E-state index contributed by atoms with van der Waals surface area (Å²) in [7, 11) is 0. The van der Waals surface area contributed by atoms with Crippen molar-refractivity contribution < 1.29 is 4.79 Å². The predicted octanol–water partition coefficient (Wildman–Crippen LogP) is 2.70. The van der Waals surface area contributed by atoms with Gasteiger partial charge in [-0.1, -0.05) is 6.07 Å². The second kappa shape index (κ2) is 5.92. The molecule has 1 unspecified atom stereocenters. The van der Waals surface area contributed by atoms with Crippen LogP contribution in [0.5, 0.6) is 0 Å². The Hall–Kier alpha value is -2.54. The lowest BCUT2D eigenvalue weighted by Crippen LogP contribution is -2.30. The van der Waals surface area contributed by atoms with Gasteiger partial charge >= 0.3 is 0 Å². The second-order valence-electron chi connectivity index (χ2n) is 5.41. The van der Waals surface area contributed by atoms with Gasteiger partial charge in [-0.2, -0.15) is 5.10 Å². The van der Waals surface area contributed by atoms with Crippen molar-refractivity contribution in [3.05, 3.63) is 58.9 Å². The summed E-state index contributed by atoms with van der Waals surface area (Å²) in [5, 5.41) is 6.12. The van der Waals surface area contributed by atoms with Gasteiger partial charge in [0, 0.05) is 23.2 Å². The quantitative estimate of drug-likeness (QED) is 0.743. The minimum atomic E-state index is 0.0460. The summed E-state index contributed by atoms with van der Waals surface area (Å²) < 4.78 is 1.55. The zero-order valence-corrected chi connectivity index (χ0v) is 13.2. The normalized spacial score (nSPS) is 17.6. The summed E-state index contributed by atoms with van der Waals surface area (Å²) in [6.07, 6.45) is 6.72. The zero-order chi connectivity index (χ0) is 15.6. The molecule has 23 heavy (non-hydrogen) atoms. The first kappa shape index (κ1) is 14.1. The molecule has 0 saturated carbocycles. The summed E-state index contributed by atoms with van der Waals surface area (Å²) in [6.45, 7) is 0.794. The van der Waals surface area contributed by atoms with Crippen LogP contribution in [0, 0.1) is 0 Å². The van der Waals surface area contributed by atoms with Crippen molar-refractivity contribution in [1.82, 2.24) is 24.6 Å². The van der Waals surface area contributed by atoms with Crippen LogP contribution in [0.15, 0.2) is 48.5 Å². The van der Waals surface area contributed by atoms with Crippen molar-refractivity contribution >= 4 is 17.2 Å². The maximum atomic E-state index is 12.9. The number of carbonyl (C=O) groups excluding carboxylic acids is 1. The van der Waals surface area contributed by atoms with Gasteiger partial charge in [-0.3, -0.25) is 4.79 Å². The van der Waals surface area contributed by atoms with Crippen LogP contribution in [-0.4, -0.2) is 37.1 Å². The second-order valence-corrected chi connectivity index (χ2v) is 6.39. The fourth-order valence-corrected chi connectivity index (χ4v) is 3.83. The van der Waals surface area contributed by atoms with Gasteiger partial charge in [-0.15, -0.1) is 11.3 Å². The molecule has 0 radical (unpaired) electrons. The van der Waals surface area contributed by atoms with Gasteiger partial charge < -0.3 is 4.90 Å². The molecule has 0 aliphatic carbocycles. The van der Waals surface area contributed by atoms with Crippen LogP contribution in [0.25, 0.3) is 5.82 Å². The van der Waals surface area contributed by atoms with Gasteiger partial charge in [0.15, 0.2) is 5.82 Å². The number of aromatic nitrogens is 4. The fourth-order valence-electron chi connectivity index (χ4n) is 2.96. The molecule has 7 heteroatoms. The monoisotopic (exact) mass is 325 g/mol. The number of nitrogens with zero attached hydrogens (tertiary/aromatic N) is 5. The van der Waals surface area contributed by atoms with E-state index < -0.39 is 0 Å². The van der Waals surface area contributed by atoms with Crippen LogP contribution in [0.4, 0.5) is 0 Å². The Morgan fingerprint density at radius 3 is 3.09 bits per heavy atom. The standard InChI is InChI=1S/C16H15N5OS/c22-16(20-7-1-3-13(20)14-4-2-8-23-14)12-5-6-18-15(9-12)21-11-17-10-19-21/h2,4-6,8-11,13H,1,3,7H2. The molecule has 3 aromatic rings. The highest BCUT2D eigenvalue weighted by atomic mass is 32.1. The minimum absolute atomic E-state index is 0.0460. The molecule has 4 heterocycles. The van der Waals surface area contributed by atoms with Crippen molar-refractivity contribution in [2.45, 2.75) is 18.9 Å². The maximum Gasteiger partial charge on any atom is 0.254 e. The first-order valence-electron chi connectivity index (χ1n) is 7.48. The van der Waals surface area contributed by atoms with E-state index in [-0.39, 0.29) is 11.9 Å². The third-order valence-corrected chi connectivity index (χ3v) is 5.00. The van der Waals surface area contributed by atoms with E-state index >= 15 is 0 Å². The largest absolute Gasteiger partial charge is 0.331 e. The van der Waals surface area contributed by atoms with Crippen LogP contribution in [0.3, 0.4) is 0 Å². The van der Waals surface area contributed by atoms with Gasteiger partial charge in [0.05, 0.1) is 6.04 Å². The van der Waals surface area contributed by atoms with E-state index in [1.54, 1.807) is 40.7 Å². The highest BCUT2D eigenvalue weighted by Gasteiger charge is 2.31. The molecule has 116 valence electrons. The fraction of sp³-hybridized carbons (Fsp3) is 0.250. The first-order chi connectivity index (χ1) is 11.3. The lowest BCUT2D eigenvalue weighted by Gasteiger charge is -2.24. The Bertz CT molecular complexity index is 800. The molecular weight excluding hydrogens is 310 g/mol. The molecule has 1 amide bonds. The molecule has 1 fully saturated rings. The van der Waals surface area contributed by atoms with Crippen LogP contribution < -0.4 is 0 Å². The number of hydrogen-bond acceptors (Lipinski definition) is 5. The Kier molecular flexibility index (Phi) is 3.63. The van der Waals surface area contributed by atoms with Crippen molar-refractivity contribution in [3.8, 4) is 5.82 Å². The lowest BCUT2D eigenvalue weighted by atomic mass is 10.1. The molecule has 0 bridgehead atoms.